The first-order valence-electron chi connectivity index (χ1n) is 8.52. The van der Waals surface area contributed by atoms with Gasteiger partial charge in [0.15, 0.2) is 5.75 Å². The van der Waals surface area contributed by atoms with E-state index in [1.807, 2.05) is 24.3 Å². The van der Waals surface area contributed by atoms with Crippen molar-refractivity contribution in [3.8, 4) is 17.2 Å². The highest BCUT2D eigenvalue weighted by molar-refractivity contribution is 5.41. The topological polar surface area (TPSA) is 54.7 Å². The van der Waals surface area contributed by atoms with Crippen molar-refractivity contribution in [1.29, 1.82) is 0 Å². The van der Waals surface area contributed by atoms with Crippen LogP contribution in [-0.2, 0) is 0 Å². The predicted octanol–water partition coefficient (Wildman–Crippen LogP) is 2.72. The zero-order valence-corrected chi connectivity index (χ0v) is 14.1. The van der Waals surface area contributed by atoms with Crippen molar-refractivity contribution in [3.05, 3.63) is 52.4 Å². The molecule has 1 aliphatic rings. The average molecular weight is 328 g/mol. The molecule has 1 aromatic heterocycles. The second-order valence-electron chi connectivity index (χ2n) is 6.23. The third-order valence-corrected chi connectivity index (χ3v) is 4.51. The molecule has 1 fully saturated rings. The average Bonchev–Trinajstić information content (AvgIpc) is 3.11. The summed E-state index contributed by atoms with van der Waals surface area (Å²) in [5.74, 6) is 0.628. The summed E-state index contributed by atoms with van der Waals surface area (Å²) in [6.07, 6.45) is 5.35. The van der Waals surface area contributed by atoms with E-state index in [0.717, 1.165) is 24.4 Å². The summed E-state index contributed by atoms with van der Waals surface area (Å²) < 4.78 is 7.58. The summed E-state index contributed by atoms with van der Waals surface area (Å²) in [4.78, 5) is 13.9. The lowest BCUT2D eigenvalue weighted by molar-refractivity contribution is 0.263. The Labute approximate surface area is 142 Å². The van der Waals surface area contributed by atoms with Crippen molar-refractivity contribution < 1.29 is 9.84 Å². The normalized spacial score (nSPS) is 14.9. The van der Waals surface area contributed by atoms with Crippen LogP contribution < -0.4 is 10.2 Å². The molecule has 0 spiro atoms. The van der Waals surface area contributed by atoms with Crippen molar-refractivity contribution in [2.24, 2.45) is 0 Å². The molecule has 1 saturated heterocycles. The Balaban J connectivity index is 1.57. The number of hydrogen-bond donors (Lipinski definition) is 1. The molecule has 2 heterocycles. The molecule has 5 nitrogen and oxygen atoms in total. The second kappa shape index (κ2) is 7.53. The van der Waals surface area contributed by atoms with Crippen LogP contribution in [0.3, 0.4) is 0 Å². The molecule has 128 valence electrons. The molecule has 0 bridgehead atoms. The van der Waals surface area contributed by atoms with Crippen LogP contribution in [0.25, 0.3) is 5.69 Å². The van der Waals surface area contributed by atoms with Gasteiger partial charge in [-0.2, -0.15) is 0 Å². The monoisotopic (exact) mass is 328 g/mol. The summed E-state index contributed by atoms with van der Waals surface area (Å²) in [5, 5.41) is 9.77. The van der Waals surface area contributed by atoms with E-state index in [1.54, 1.807) is 17.7 Å². The highest BCUT2D eigenvalue weighted by Crippen LogP contribution is 2.19. The van der Waals surface area contributed by atoms with E-state index >= 15 is 0 Å². The van der Waals surface area contributed by atoms with Gasteiger partial charge in [-0.25, -0.2) is 0 Å². The van der Waals surface area contributed by atoms with Crippen molar-refractivity contribution in [2.75, 3.05) is 26.2 Å². The van der Waals surface area contributed by atoms with Crippen LogP contribution in [-0.4, -0.2) is 40.8 Å². The SMILES string of the molecule is Cc1c(O)c(=O)ccn1-c1ccc(OCCCN2CCCC2)cc1. The quantitative estimate of drug-likeness (QED) is 0.829. The molecule has 0 aliphatic carbocycles. The number of hydrogen-bond acceptors (Lipinski definition) is 4. The van der Waals surface area contributed by atoms with Gasteiger partial charge in [0.05, 0.1) is 12.3 Å². The molecular weight excluding hydrogens is 304 g/mol. The van der Waals surface area contributed by atoms with E-state index < -0.39 is 0 Å². The van der Waals surface area contributed by atoms with Gasteiger partial charge in [-0.15, -0.1) is 0 Å². The van der Waals surface area contributed by atoms with Gasteiger partial charge in [0, 0.05) is 24.5 Å². The van der Waals surface area contributed by atoms with Crippen LogP contribution in [0.5, 0.6) is 11.5 Å². The third-order valence-electron chi connectivity index (χ3n) is 4.51. The summed E-state index contributed by atoms with van der Waals surface area (Å²) in [5.41, 5.74) is 1.05. The number of ether oxygens (including phenoxy) is 1. The smallest absolute Gasteiger partial charge is 0.223 e. The Kier molecular flexibility index (Phi) is 5.20. The first-order valence-corrected chi connectivity index (χ1v) is 8.52. The first kappa shape index (κ1) is 16.6. The van der Waals surface area contributed by atoms with Gasteiger partial charge in [0.2, 0.25) is 5.43 Å². The van der Waals surface area contributed by atoms with Crippen molar-refractivity contribution in [1.82, 2.24) is 9.47 Å². The van der Waals surface area contributed by atoms with Crippen LogP contribution in [0, 0.1) is 6.92 Å². The van der Waals surface area contributed by atoms with Crippen molar-refractivity contribution >= 4 is 0 Å². The van der Waals surface area contributed by atoms with E-state index in [-0.39, 0.29) is 11.2 Å². The maximum atomic E-state index is 11.4. The Morgan fingerprint density at radius 2 is 1.83 bits per heavy atom. The molecule has 24 heavy (non-hydrogen) atoms. The van der Waals surface area contributed by atoms with Crippen LogP contribution >= 0.6 is 0 Å². The maximum Gasteiger partial charge on any atom is 0.223 e. The minimum atomic E-state index is -0.360. The number of nitrogens with zero attached hydrogens (tertiary/aromatic N) is 2. The molecule has 5 heteroatoms. The molecule has 2 aromatic rings. The Bertz CT molecular complexity index is 731. The minimum absolute atomic E-state index is 0.209. The Morgan fingerprint density at radius 3 is 2.54 bits per heavy atom. The number of likely N-dealkylation sites (tertiary alicyclic amines) is 1. The summed E-state index contributed by atoms with van der Waals surface area (Å²) in [6, 6.07) is 9.05. The van der Waals surface area contributed by atoms with Crippen LogP contribution in [0.1, 0.15) is 25.0 Å². The molecule has 0 radical (unpaired) electrons. The molecule has 1 aliphatic heterocycles. The lowest BCUT2D eigenvalue weighted by Crippen LogP contribution is -2.21. The van der Waals surface area contributed by atoms with Gasteiger partial charge in [-0.3, -0.25) is 4.79 Å². The number of benzene rings is 1. The molecule has 3 rings (SSSR count). The largest absolute Gasteiger partial charge is 0.503 e. The van der Waals surface area contributed by atoms with Crippen LogP contribution in [0.15, 0.2) is 41.3 Å². The zero-order valence-electron chi connectivity index (χ0n) is 14.1. The lowest BCUT2D eigenvalue weighted by atomic mass is 10.2. The Hall–Kier alpha value is -2.27. The lowest BCUT2D eigenvalue weighted by Gasteiger charge is -2.15. The molecule has 0 unspecified atom stereocenters. The highest BCUT2D eigenvalue weighted by atomic mass is 16.5. The minimum Gasteiger partial charge on any atom is -0.503 e. The molecule has 1 aromatic carbocycles. The fourth-order valence-corrected chi connectivity index (χ4v) is 3.09. The van der Waals surface area contributed by atoms with Gasteiger partial charge in [0.25, 0.3) is 0 Å². The van der Waals surface area contributed by atoms with E-state index in [1.165, 1.54) is 32.0 Å². The van der Waals surface area contributed by atoms with Crippen LogP contribution in [0.4, 0.5) is 0 Å². The van der Waals surface area contributed by atoms with Gasteiger partial charge in [0.1, 0.15) is 5.75 Å². The summed E-state index contributed by atoms with van der Waals surface area (Å²) >= 11 is 0. The molecule has 0 amide bonds. The van der Waals surface area contributed by atoms with E-state index in [4.69, 9.17) is 4.74 Å². The van der Waals surface area contributed by atoms with Gasteiger partial charge in [-0.05, 0) is 63.5 Å². The standard InChI is InChI=1S/C19H24N2O3/c1-15-19(23)18(22)9-13-21(15)16-5-7-17(8-6-16)24-14-4-12-20-10-2-3-11-20/h5-9,13,23H,2-4,10-12,14H2,1H3. The van der Waals surface area contributed by atoms with E-state index in [2.05, 4.69) is 4.90 Å². The zero-order chi connectivity index (χ0) is 16.9. The fraction of sp³-hybridized carbons (Fsp3) is 0.421. The predicted molar refractivity (Wildman–Crippen MR) is 94.2 cm³/mol. The van der Waals surface area contributed by atoms with Gasteiger partial charge < -0.3 is 19.3 Å². The fourth-order valence-electron chi connectivity index (χ4n) is 3.09. The number of pyridine rings is 1. The molecule has 0 atom stereocenters. The molecule has 0 saturated carbocycles. The summed E-state index contributed by atoms with van der Waals surface area (Å²) in [6.45, 7) is 5.99. The molecular formula is C19H24N2O3. The van der Waals surface area contributed by atoms with Crippen molar-refractivity contribution in [2.45, 2.75) is 26.2 Å². The van der Waals surface area contributed by atoms with Crippen LogP contribution in [0.2, 0.25) is 0 Å². The van der Waals surface area contributed by atoms with E-state index in [0.29, 0.717) is 12.3 Å². The number of rotatable bonds is 6. The highest BCUT2D eigenvalue weighted by Gasteiger charge is 2.10. The van der Waals surface area contributed by atoms with E-state index in [9.17, 15) is 9.90 Å². The number of aromatic hydroxyl groups is 1. The third kappa shape index (κ3) is 3.79. The maximum absolute atomic E-state index is 11.4. The van der Waals surface area contributed by atoms with Gasteiger partial charge in [-0.1, -0.05) is 0 Å². The Morgan fingerprint density at radius 1 is 1.12 bits per heavy atom. The summed E-state index contributed by atoms with van der Waals surface area (Å²) in [7, 11) is 0. The van der Waals surface area contributed by atoms with Crippen molar-refractivity contribution in [3.63, 3.8) is 0 Å². The van der Waals surface area contributed by atoms with Gasteiger partial charge >= 0.3 is 0 Å². The number of aromatic nitrogens is 1. The first-order chi connectivity index (χ1) is 11.6. The second-order valence-corrected chi connectivity index (χ2v) is 6.23. The molecule has 1 N–H and O–H groups in total.